The summed E-state index contributed by atoms with van der Waals surface area (Å²) in [6.45, 7) is -0.543. The van der Waals surface area contributed by atoms with Gasteiger partial charge in [0.1, 0.15) is 5.75 Å². The Morgan fingerprint density at radius 2 is 1.74 bits per heavy atom. The van der Waals surface area contributed by atoms with Crippen molar-refractivity contribution in [3.63, 3.8) is 0 Å². The van der Waals surface area contributed by atoms with Gasteiger partial charge in [-0.2, -0.15) is 0 Å². The summed E-state index contributed by atoms with van der Waals surface area (Å²) < 4.78 is 45.0. The highest BCUT2D eigenvalue weighted by molar-refractivity contribution is 6.05. The van der Waals surface area contributed by atoms with E-state index in [-0.39, 0.29) is 5.69 Å². The van der Waals surface area contributed by atoms with E-state index in [1.165, 1.54) is 18.3 Å². The number of hydrogen-bond donors (Lipinski definition) is 2. The highest BCUT2D eigenvalue weighted by Gasteiger charge is 2.30. The van der Waals surface area contributed by atoms with Crippen molar-refractivity contribution in [2.75, 3.05) is 11.9 Å². The van der Waals surface area contributed by atoms with Gasteiger partial charge in [-0.3, -0.25) is 4.79 Å². The van der Waals surface area contributed by atoms with Gasteiger partial charge in [0, 0.05) is 22.8 Å². The topological polar surface area (TPSA) is 80.4 Å². The van der Waals surface area contributed by atoms with Crippen molar-refractivity contribution in [1.29, 1.82) is 0 Å². The number of aromatic amines is 1. The maximum Gasteiger partial charge on any atom is 0.573 e. The number of anilines is 1. The minimum absolute atomic E-state index is 0.234. The lowest BCUT2D eigenvalue weighted by molar-refractivity contribution is -0.274. The zero-order chi connectivity index (χ0) is 19.4. The Labute approximate surface area is 150 Å². The van der Waals surface area contributed by atoms with Crippen molar-refractivity contribution in [3.8, 4) is 5.75 Å². The minimum Gasteiger partial charge on any atom is -0.452 e. The van der Waals surface area contributed by atoms with E-state index < -0.39 is 30.6 Å². The predicted octanol–water partition coefficient (Wildman–Crippen LogP) is 3.86. The van der Waals surface area contributed by atoms with E-state index in [1.807, 2.05) is 6.07 Å². The quantitative estimate of drug-likeness (QED) is 0.661. The van der Waals surface area contributed by atoms with E-state index in [0.717, 1.165) is 17.6 Å². The Kier molecular flexibility index (Phi) is 5.02. The van der Waals surface area contributed by atoms with Gasteiger partial charge in [0.05, 0.1) is 5.56 Å². The first-order chi connectivity index (χ1) is 12.8. The number of esters is 1. The number of amides is 1. The second kappa shape index (κ2) is 7.40. The molecule has 0 bridgehead atoms. The molecule has 0 aliphatic heterocycles. The molecule has 27 heavy (non-hydrogen) atoms. The molecule has 0 saturated carbocycles. The number of carbonyl (C=O) groups excluding carboxylic acids is 2. The normalized spacial score (nSPS) is 11.2. The first kappa shape index (κ1) is 18.3. The summed E-state index contributed by atoms with van der Waals surface area (Å²) in [6, 6.07) is 11.7. The highest BCUT2D eigenvalue weighted by Crippen LogP contribution is 2.24. The molecule has 0 fully saturated rings. The zero-order valence-corrected chi connectivity index (χ0v) is 13.7. The Bertz CT molecular complexity index is 965. The van der Waals surface area contributed by atoms with Crippen LogP contribution in [-0.2, 0) is 9.53 Å². The van der Waals surface area contributed by atoms with Crippen LogP contribution in [0.2, 0.25) is 0 Å². The van der Waals surface area contributed by atoms with Crippen molar-refractivity contribution in [1.82, 2.24) is 4.98 Å². The van der Waals surface area contributed by atoms with Crippen LogP contribution in [0.5, 0.6) is 5.75 Å². The smallest absolute Gasteiger partial charge is 0.452 e. The zero-order valence-electron chi connectivity index (χ0n) is 13.7. The Hall–Kier alpha value is -3.49. The van der Waals surface area contributed by atoms with Crippen LogP contribution in [0.25, 0.3) is 10.9 Å². The van der Waals surface area contributed by atoms with Crippen LogP contribution >= 0.6 is 0 Å². The predicted molar refractivity (Wildman–Crippen MR) is 90.3 cm³/mol. The van der Waals surface area contributed by atoms with Gasteiger partial charge < -0.3 is 19.8 Å². The molecule has 9 heteroatoms. The molecule has 0 radical (unpaired) electrons. The molecular weight excluding hydrogens is 365 g/mol. The summed E-state index contributed by atoms with van der Waals surface area (Å²) in [4.78, 5) is 26.9. The van der Waals surface area contributed by atoms with E-state index in [2.05, 4.69) is 15.0 Å². The van der Waals surface area contributed by atoms with Crippen LogP contribution in [0.15, 0.2) is 54.7 Å². The molecule has 0 atom stereocenters. The number of ether oxygens (including phenoxy) is 2. The summed E-state index contributed by atoms with van der Waals surface area (Å²) in [7, 11) is 0. The van der Waals surface area contributed by atoms with Gasteiger partial charge in [-0.25, -0.2) is 4.79 Å². The summed E-state index contributed by atoms with van der Waals surface area (Å²) in [6.07, 6.45) is -3.30. The number of halogens is 3. The van der Waals surface area contributed by atoms with Gasteiger partial charge in [-0.1, -0.05) is 18.2 Å². The molecule has 0 spiro atoms. The average Bonchev–Trinajstić information content (AvgIpc) is 3.04. The summed E-state index contributed by atoms with van der Waals surface area (Å²) in [5, 5.41) is 3.08. The molecule has 140 valence electrons. The molecule has 0 unspecified atom stereocenters. The van der Waals surface area contributed by atoms with Crippen LogP contribution in [0, 0.1) is 0 Å². The first-order valence-electron chi connectivity index (χ1n) is 7.71. The average molecular weight is 378 g/mol. The number of H-pyrrole nitrogens is 1. The molecule has 0 aliphatic rings. The molecule has 0 saturated heterocycles. The van der Waals surface area contributed by atoms with E-state index in [1.54, 1.807) is 18.2 Å². The number of alkyl halides is 3. The number of benzene rings is 2. The highest BCUT2D eigenvalue weighted by atomic mass is 19.4. The molecule has 0 aliphatic carbocycles. The molecule has 1 amide bonds. The number of rotatable bonds is 5. The van der Waals surface area contributed by atoms with Gasteiger partial charge in [-0.15, -0.1) is 13.2 Å². The first-order valence-corrected chi connectivity index (χ1v) is 7.71. The molecule has 6 nitrogen and oxygen atoms in total. The van der Waals surface area contributed by atoms with Gasteiger partial charge in [0.2, 0.25) is 0 Å². The lowest BCUT2D eigenvalue weighted by atomic mass is 10.2. The minimum atomic E-state index is -4.79. The Morgan fingerprint density at radius 3 is 2.44 bits per heavy atom. The third-order valence-corrected chi connectivity index (χ3v) is 3.52. The molecule has 2 aromatic carbocycles. The molecule has 1 aromatic heterocycles. The lowest BCUT2D eigenvalue weighted by Gasteiger charge is -2.10. The van der Waals surface area contributed by atoms with E-state index >= 15 is 0 Å². The lowest BCUT2D eigenvalue weighted by Crippen LogP contribution is -2.21. The Morgan fingerprint density at radius 1 is 1.04 bits per heavy atom. The van der Waals surface area contributed by atoms with Gasteiger partial charge in [-0.05, 0) is 30.3 Å². The van der Waals surface area contributed by atoms with Crippen molar-refractivity contribution in [2.24, 2.45) is 0 Å². The number of fused-ring (bicyclic) bond motifs is 1. The monoisotopic (exact) mass is 378 g/mol. The number of aromatic nitrogens is 1. The Balaban J connectivity index is 1.54. The maximum absolute atomic E-state index is 12.1. The van der Waals surface area contributed by atoms with Crippen molar-refractivity contribution in [3.05, 3.63) is 60.3 Å². The summed E-state index contributed by atoms with van der Waals surface area (Å²) in [5.41, 5.74) is 1.29. The van der Waals surface area contributed by atoms with Gasteiger partial charge in [0.25, 0.3) is 5.91 Å². The number of carbonyl (C=O) groups is 2. The van der Waals surface area contributed by atoms with Crippen LogP contribution < -0.4 is 10.1 Å². The standard InChI is InChI=1S/C18H13F3N2O4/c19-18(20,21)27-12-7-5-11(6-8-12)23-16(24)10-26-17(25)14-9-22-15-4-2-1-3-13(14)15/h1-9,22H,10H2,(H,23,24). The van der Waals surface area contributed by atoms with Crippen molar-refractivity contribution < 1.29 is 32.2 Å². The molecular formula is C18H13F3N2O4. The number of hydrogen-bond acceptors (Lipinski definition) is 4. The van der Waals surface area contributed by atoms with Crippen LogP contribution in [0.3, 0.4) is 0 Å². The van der Waals surface area contributed by atoms with Crippen LogP contribution in [0.4, 0.5) is 18.9 Å². The SMILES string of the molecule is O=C(COC(=O)c1c[nH]c2ccccc12)Nc1ccc(OC(F)(F)F)cc1. The summed E-state index contributed by atoms with van der Waals surface area (Å²) in [5.74, 6) is -1.71. The van der Waals surface area contributed by atoms with E-state index in [9.17, 15) is 22.8 Å². The third-order valence-electron chi connectivity index (χ3n) is 3.52. The maximum atomic E-state index is 12.1. The largest absolute Gasteiger partial charge is 0.573 e. The third kappa shape index (κ3) is 4.78. The van der Waals surface area contributed by atoms with Crippen LogP contribution in [0.1, 0.15) is 10.4 Å². The van der Waals surface area contributed by atoms with Gasteiger partial charge in [0.15, 0.2) is 6.61 Å². The molecule has 2 N–H and O–H groups in total. The van der Waals surface area contributed by atoms with E-state index in [4.69, 9.17) is 4.74 Å². The van der Waals surface area contributed by atoms with Crippen molar-refractivity contribution in [2.45, 2.75) is 6.36 Å². The fraction of sp³-hybridized carbons (Fsp3) is 0.111. The fourth-order valence-corrected chi connectivity index (χ4v) is 2.39. The fourth-order valence-electron chi connectivity index (χ4n) is 2.39. The molecule has 3 aromatic rings. The number of para-hydroxylation sites is 1. The second-order valence-corrected chi connectivity index (χ2v) is 5.44. The molecule has 1 heterocycles. The van der Waals surface area contributed by atoms with Crippen LogP contribution in [-0.4, -0.2) is 29.8 Å². The molecule has 3 rings (SSSR count). The van der Waals surface area contributed by atoms with Crippen molar-refractivity contribution >= 4 is 28.5 Å². The number of nitrogens with one attached hydrogen (secondary N) is 2. The van der Waals surface area contributed by atoms with Gasteiger partial charge >= 0.3 is 12.3 Å². The second-order valence-electron chi connectivity index (χ2n) is 5.44. The van der Waals surface area contributed by atoms with E-state index in [0.29, 0.717) is 10.9 Å². The summed E-state index contributed by atoms with van der Waals surface area (Å²) >= 11 is 0.